The van der Waals surface area contributed by atoms with Crippen LogP contribution in [-0.2, 0) is 32.2 Å². The number of likely N-dealkylation sites (tertiary alicyclic amines) is 1. The van der Waals surface area contributed by atoms with Gasteiger partial charge in [-0.05, 0) is 24.0 Å². The molecule has 1 amide bonds. The molecular formula is C25H29FN2O5. The van der Waals surface area contributed by atoms with Crippen molar-refractivity contribution in [1.29, 1.82) is 0 Å². The molecule has 0 aromatic heterocycles. The molecule has 1 saturated heterocycles. The van der Waals surface area contributed by atoms with Gasteiger partial charge in [0.05, 0.1) is 12.1 Å². The van der Waals surface area contributed by atoms with Crippen molar-refractivity contribution in [2.45, 2.75) is 63.8 Å². The van der Waals surface area contributed by atoms with E-state index in [4.69, 9.17) is 9.47 Å². The van der Waals surface area contributed by atoms with Gasteiger partial charge < -0.3 is 19.6 Å². The van der Waals surface area contributed by atoms with Gasteiger partial charge in [-0.3, -0.25) is 9.69 Å². The Morgan fingerprint density at radius 2 is 1.76 bits per heavy atom. The molecule has 4 atom stereocenters. The zero-order chi connectivity index (χ0) is 23.6. The molecule has 1 N–H and O–H groups in total. The minimum atomic E-state index is -1.71. The van der Waals surface area contributed by atoms with Gasteiger partial charge in [-0.25, -0.2) is 9.18 Å². The lowest BCUT2D eigenvalue weighted by molar-refractivity contribution is -0.164. The fourth-order valence-electron chi connectivity index (χ4n) is 3.92. The lowest BCUT2D eigenvalue weighted by Gasteiger charge is -2.27. The van der Waals surface area contributed by atoms with Crippen molar-refractivity contribution >= 4 is 18.3 Å². The standard InChI is InChI=1S/C25H29FN2O5/c1-2-9-23(26)33-24(30)21-14-20(27-25(31)32-17-19-12-7-4-8-13-19)22(16-29)28(21)15-18-10-5-3-6-11-18/h3-8,10-13,16,20-23H,2,9,14-15,17H2,1H3,(H,27,31)/t20-,21-,22+,23?/m1/s1. The third-order valence-electron chi connectivity index (χ3n) is 5.57. The topological polar surface area (TPSA) is 84.9 Å². The molecular weight excluding hydrogens is 427 g/mol. The lowest BCUT2D eigenvalue weighted by atomic mass is 10.1. The number of nitrogens with one attached hydrogen (secondary N) is 1. The number of amides is 1. The Morgan fingerprint density at radius 3 is 2.36 bits per heavy atom. The molecule has 8 heteroatoms. The molecule has 1 fully saturated rings. The normalized spacial score (nSPS) is 21.2. The van der Waals surface area contributed by atoms with Crippen molar-refractivity contribution in [1.82, 2.24) is 10.2 Å². The van der Waals surface area contributed by atoms with Crippen molar-refractivity contribution in [3.8, 4) is 0 Å². The van der Waals surface area contributed by atoms with E-state index in [0.29, 0.717) is 12.7 Å². The first-order valence-corrected chi connectivity index (χ1v) is 11.1. The predicted octanol–water partition coefficient (Wildman–Crippen LogP) is 3.76. The minimum absolute atomic E-state index is 0.0743. The smallest absolute Gasteiger partial charge is 0.407 e. The van der Waals surface area contributed by atoms with E-state index in [0.717, 1.165) is 11.1 Å². The average Bonchev–Trinajstić information content (AvgIpc) is 3.15. The second-order valence-corrected chi connectivity index (χ2v) is 7.98. The Balaban J connectivity index is 1.71. The van der Waals surface area contributed by atoms with Crippen molar-refractivity contribution in [2.24, 2.45) is 0 Å². The number of carbonyl (C=O) groups is 3. The molecule has 0 radical (unpaired) electrons. The number of ether oxygens (including phenoxy) is 2. The van der Waals surface area contributed by atoms with E-state index in [-0.39, 0.29) is 26.0 Å². The molecule has 33 heavy (non-hydrogen) atoms. The van der Waals surface area contributed by atoms with Crippen LogP contribution in [0.1, 0.15) is 37.3 Å². The predicted molar refractivity (Wildman–Crippen MR) is 120 cm³/mol. The van der Waals surface area contributed by atoms with Crippen molar-refractivity contribution in [3.05, 3.63) is 71.8 Å². The molecule has 176 valence electrons. The molecule has 1 aliphatic rings. The number of nitrogens with zero attached hydrogens (tertiary/aromatic N) is 1. The highest BCUT2D eigenvalue weighted by atomic mass is 19.1. The molecule has 1 heterocycles. The van der Waals surface area contributed by atoms with Crippen LogP contribution in [0.25, 0.3) is 0 Å². The van der Waals surface area contributed by atoms with Gasteiger partial charge in [-0.15, -0.1) is 0 Å². The summed E-state index contributed by atoms with van der Waals surface area (Å²) in [6.45, 7) is 2.14. The van der Waals surface area contributed by atoms with E-state index in [1.807, 2.05) is 60.7 Å². The molecule has 7 nitrogen and oxygen atoms in total. The van der Waals surface area contributed by atoms with E-state index < -0.39 is 36.5 Å². The fraction of sp³-hybridized carbons (Fsp3) is 0.400. The summed E-state index contributed by atoms with van der Waals surface area (Å²) >= 11 is 0. The van der Waals surface area contributed by atoms with Gasteiger partial charge in [0.2, 0.25) is 6.36 Å². The highest BCUT2D eigenvalue weighted by Crippen LogP contribution is 2.28. The fourth-order valence-corrected chi connectivity index (χ4v) is 3.92. The van der Waals surface area contributed by atoms with Gasteiger partial charge in [-0.1, -0.05) is 67.6 Å². The maximum Gasteiger partial charge on any atom is 0.407 e. The first kappa shape index (κ1) is 24.4. The van der Waals surface area contributed by atoms with Gasteiger partial charge in [0, 0.05) is 13.0 Å². The van der Waals surface area contributed by atoms with Crippen LogP contribution < -0.4 is 5.32 Å². The number of alkyl halides is 1. The zero-order valence-electron chi connectivity index (χ0n) is 18.6. The number of alkyl carbamates (subject to hydrolysis) is 1. The number of aldehydes is 1. The number of carbonyl (C=O) groups excluding carboxylic acids is 3. The summed E-state index contributed by atoms with van der Waals surface area (Å²) in [7, 11) is 0. The molecule has 0 aliphatic carbocycles. The second kappa shape index (κ2) is 12.1. The highest BCUT2D eigenvalue weighted by molar-refractivity contribution is 5.79. The number of benzene rings is 2. The largest absolute Gasteiger partial charge is 0.445 e. The maximum atomic E-state index is 14.0. The summed E-state index contributed by atoms with van der Waals surface area (Å²) in [5, 5.41) is 2.69. The van der Waals surface area contributed by atoms with Crippen LogP contribution in [0.3, 0.4) is 0 Å². The highest BCUT2D eigenvalue weighted by Gasteiger charge is 2.46. The van der Waals surface area contributed by atoms with Crippen LogP contribution in [0.2, 0.25) is 0 Å². The quantitative estimate of drug-likeness (QED) is 0.433. The average molecular weight is 457 g/mol. The van der Waals surface area contributed by atoms with Crippen LogP contribution in [-0.4, -0.2) is 47.7 Å². The van der Waals surface area contributed by atoms with E-state index >= 15 is 0 Å². The van der Waals surface area contributed by atoms with Crippen LogP contribution in [0.5, 0.6) is 0 Å². The molecule has 3 rings (SSSR count). The Bertz CT molecular complexity index is 912. The number of rotatable bonds is 10. The third-order valence-corrected chi connectivity index (χ3v) is 5.57. The molecule has 0 bridgehead atoms. The van der Waals surface area contributed by atoms with Crippen LogP contribution in [0.4, 0.5) is 9.18 Å². The molecule has 2 aromatic carbocycles. The molecule has 1 aliphatic heterocycles. The first-order chi connectivity index (χ1) is 16.0. The monoisotopic (exact) mass is 456 g/mol. The zero-order valence-corrected chi connectivity index (χ0v) is 18.6. The van der Waals surface area contributed by atoms with Crippen molar-refractivity contribution < 1.29 is 28.2 Å². The van der Waals surface area contributed by atoms with E-state index in [1.165, 1.54) is 0 Å². The van der Waals surface area contributed by atoms with Crippen molar-refractivity contribution in [2.75, 3.05) is 0 Å². The molecule has 0 spiro atoms. The number of halogens is 1. The van der Waals surface area contributed by atoms with Crippen LogP contribution in [0.15, 0.2) is 60.7 Å². The van der Waals surface area contributed by atoms with E-state index in [1.54, 1.807) is 11.8 Å². The summed E-state index contributed by atoms with van der Waals surface area (Å²) in [6.07, 6.45) is -0.980. The summed E-state index contributed by atoms with van der Waals surface area (Å²) < 4.78 is 24.2. The molecule has 1 unspecified atom stereocenters. The van der Waals surface area contributed by atoms with Gasteiger partial charge in [0.25, 0.3) is 0 Å². The Hall–Kier alpha value is -3.26. The molecule has 2 aromatic rings. The number of hydrogen-bond acceptors (Lipinski definition) is 6. The summed E-state index contributed by atoms with van der Waals surface area (Å²) in [5.41, 5.74) is 1.70. The Labute approximate surface area is 192 Å². The second-order valence-electron chi connectivity index (χ2n) is 7.98. The lowest BCUT2D eigenvalue weighted by Crippen LogP contribution is -2.47. The summed E-state index contributed by atoms with van der Waals surface area (Å²) in [4.78, 5) is 38.8. The van der Waals surface area contributed by atoms with Gasteiger partial charge in [-0.2, -0.15) is 0 Å². The van der Waals surface area contributed by atoms with Gasteiger partial charge in [0.15, 0.2) is 0 Å². The maximum absolute atomic E-state index is 14.0. The summed E-state index contributed by atoms with van der Waals surface area (Å²) in [6, 6.07) is 16.1. The minimum Gasteiger partial charge on any atom is -0.445 e. The SMILES string of the molecule is CCCC(F)OC(=O)[C@H]1C[C@@H](NC(=O)OCc2ccccc2)[C@H](C=O)N1Cc1ccccc1. The van der Waals surface area contributed by atoms with Gasteiger partial charge in [0.1, 0.15) is 18.9 Å². The van der Waals surface area contributed by atoms with E-state index in [9.17, 15) is 18.8 Å². The molecule has 0 saturated carbocycles. The van der Waals surface area contributed by atoms with Gasteiger partial charge >= 0.3 is 12.1 Å². The Kier molecular flexibility index (Phi) is 8.95. The van der Waals surface area contributed by atoms with Crippen LogP contribution in [0, 0.1) is 0 Å². The summed E-state index contributed by atoms with van der Waals surface area (Å²) in [5.74, 6) is -0.749. The number of hydrogen-bond donors (Lipinski definition) is 1. The van der Waals surface area contributed by atoms with Crippen molar-refractivity contribution in [3.63, 3.8) is 0 Å². The Morgan fingerprint density at radius 1 is 1.12 bits per heavy atom. The van der Waals surface area contributed by atoms with Crippen LogP contribution >= 0.6 is 0 Å². The number of esters is 1. The van der Waals surface area contributed by atoms with E-state index in [2.05, 4.69) is 5.32 Å². The third kappa shape index (κ3) is 6.86. The first-order valence-electron chi connectivity index (χ1n) is 11.1.